The maximum atomic E-state index is 5.57. The van der Waals surface area contributed by atoms with Crippen LogP contribution in [0.25, 0.3) is 20.8 Å². The van der Waals surface area contributed by atoms with Crippen LogP contribution in [0.1, 0.15) is 5.69 Å². The molecule has 0 bridgehead atoms. The van der Waals surface area contributed by atoms with Crippen LogP contribution in [0.4, 0.5) is 0 Å². The monoisotopic (exact) mass is 241 g/mol. The normalized spacial score (nSPS) is 10.9. The van der Waals surface area contributed by atoms with Crippen LogP contribution in [0.5, 0.6) is 0 Å². The number of rotatable bonds is 2. The average Bonchev–Trinajstić information content (AvgIpc) is 2.82. The lowest BCUT2D eigenvalue weighted by Gasteiger charge is -1.93. The fourth-order valence-corrected chi connectivity index (χ4v) is 2.61. The van der Waals surface area contributed by atoms with Gasteiger partial charge in [-0.2, -0.15) is 0 Å². The van der Waals surface area contributed by atoms with E-state index >= 15 is 0 Å². The van der Waals surface area contributed by atoms with Gasteiger partial charge < -0.3 is 5.73 Å². The lowest BCUT2D eigenvalue weighted by atomic mass is 10.2. The predicted molar refractivity (Wildman–Crippen MR) is 70.7 cm³/mol. The fourth-order valence-electron chi connectivity index (χ4n) is 1.69. The van der Waals surface area contributed by atoms with E-state index in [0.717, 1.165) is 26.5 Å². The van der Waals surface area contributed by atoms with Gasteiger partial charge in [0.1, 0.15) is 5.01 Å². The zero-order valence-electron chi connectivity index (χ0n) is 9.13. The van der Waals surface area contributed by atoms with Gasteiger partial charge in [-0.1, -0.05) is 30.3 Å². The van der Waals surface area contributed by atoms with Crippen LogP contribution in [0.2, 0.25) is 0 Å². The number of thiazole rings is 1. The maximum Gasteiger partial charge on any atom is 0.124 e. The van der Waals surface area contributed by atoms with Crippen LogP contribution >= 0.6 is 11.3 Å². The summed E-state index contributed by atoms with van der Waals surface area (Å²) >= 11 is 1.66. The molecule has 3 rings (SSSR count). The molecule has 0 saturated carbocycles. The van der Waals surface area contributed by atoms with Crippen molar-refractivity contribution >= 4 is 21.6 Å². The highest BCUT2D eigenvalue weighted by Gasteiger charge is 2.06. The van der Waals surface area contributed by atoms with E-state index in [1.54, 1.807) is 11.3 Å². The van der Waals surface area contributed by atoms with Crippen molar-refractivity contribution in [1.29, 1.82) is 0 Å². The second-order valence-electron chi connectivity index (χ2n) is 3.73. The molecule has 0 aliphatic rings. The van der Waals surface area contributed by atoms with Crippen molar-refractivity contribution in [3.8, 4) is 10.6 Å². The maximum absolute atomic E-state index is 5.57. The van der Waals surface area contributed by atoms with Crippen molar-refractivity contribution in [2.75, 3.05) is 0 Å². The van der Waals surface area contributed by atoms with Crippen molar-refractivity contribution in [3.63, 3.8) is 0 Å². The number of nitrogens with two attached hydrogens (primary N) is 1. The van der Waals surface area contributed by atoms with Crippen LogP contribution in [0.3, 0.4) is 0 Å². The summed E-state index contributed by atoms with van der Waals surface area (Å²) in [6.07, 6.45) is 1.85. The number of fused-ring (bicyclic) bond motifs is 1. The first-order valence-corrected chi connectivity index (χ1v) is 6.19. The van der Waals surface area contributed by atoms with E-state index in [1.165, 1.54) is 0 Å². The van der Waals surface area contributed by atoms with Crippen LogP contribution in [-0.2, 0) is 6.54 Å². The van der Waals surface area contributed by atoms with E-state index in [0.29, 0.717) is 6.54 Å². The number of aromatic nitrogens is 2. The van der Waals surface area contributed by atoms with Crippen LogP contribution in [-0.4, -0.2) is 9.97 Å². The molecule has 0 fully saturated rings. The van der Waals surface area contributed by atoms with E-state index in [2.05, 4.69) is 22.1 Å². The predicted octanol–water partition coefficient (Wildman–Crippen LogP) is 2.82. The van der Waals surface area contributed by atoms with Crippen LogP contribution in [0, 0.1) is 0 Å². The largest absolute Gasteiger partial charge is 0.325 e. The summed E-state index contributed by atoms with van der Waals surface area (Å²) < 4.78 is 1.10. The highest BCUT2D eigenvalue weighted by Crippen LogP contribution is 2.29. The number of hydrogen-bond donors (Lipinski definition) is 1. The second kappa shape index (κ2) is 4.24. The van der Waals surface area contributed by atoms with E-state index < -0.39 is 0 Å². The van der Waals surface area contributed by atoms with Gasteiger partial charge in [-0.3, -0.25) is 4.98 Å². The van der Waals surface area contributed by atoms with Gasteiger partial charge in [-0.25, -0.2) is 4.98 Å². The Bertz CT molecular complexity index is 646. The highest BCUT2D eigenvalue weighted by atomic mass is 32.1. The van der Waals surface area contributed by atoms with Crippen LogP contribution < -0.4 is 5.73 Å². The molecule has 0 aliphatic carbocycles. The molecule has 0 amide bonds. The molecule has 0 spiro atoms. The van der Waals surface area contributed by atoms with Crippen molar-refractivity contribution in [2.45, 2.75) is 6.54 Å². The second-order valence-corrected chi connectivity index (χ2v) is 4.76. The van der Waals surface area contributed by atoms with Gasteiger partial charge in [0, 0.05) is 18.3 Å². The van der Waals surface area contributed by atoms with Gasteiger partial charge >= 0.3 is 0 Å². The molecular formula is C13H11N3S. The van der Waals surface area contributed by atoms with Crippen molar-refractivity contribution in [2.24, 2.45) is 5.73 Å². The Kier molecular flexibility index (Phi) is 2.59. The lowest BCUT2D eigenvalue weighted by molar-refractivity contribution is 0.997. The van der Waals surface area contributed by atoms with Crippen molar-refractivity contribution in [3.05, 3.63) is 48.3 Å². The first-order valence-electron chi connectivity index (χ1n) is 5.38. The van der Waals surface area contributed by atoms with E-state index in [4.69, 9.17) is 5.73 Å². The molecule has 0 unspecified atom stereocenters. The summed E-state index contributed by atoms with van der Waals surface area (Å²) in [5.74, 6) is 0. The Morgan fingerprint density at radius 2 is 2.00 bits per heavy atom. The third-order valence-corrected chi connectivity index (χ3v) is 3.62. The number of nitrogens with zero attached hydrogens (tertiary/aromatic N) is 2. The summed E-state index contributed by atoms with van der Waals surface area (Å²) in [6.45, 7) is 0.453. The Labute approximate surface area is 103 Å². The molecule has 0 radical (unpaired) electrons. The first-order chi connectivity index (χ1) is 8.36. The molecule has 84 valence electrons. The summed E-state index contributed by atoms with van der Waals surface area (Å²) in [6, 6.07) is 12.1. The number of hydrogen-bond acceptors (Lipinski definition) is 4. The van der Waals surface area contributed by atoms with Crippen molar-refractivity contribution in [1.82, 2.24) is 9.97 Å². The summed E-state index contributed by atoms with van der Waals surface area (Å²) in [4.78, 5) is 8.89. The minimum atomic E-state index is 0.453. The SMILES string of the molecule is NCc1cc2nc(-c3ccccc3)sc2cn1. The standard InChI is InChI=1S/C13H11N3S/c14-7-10-6-11-12(8-15-10)17-13(16-11)9-4-2-1-3-5-9/h1-6,8H,7,14H2. The molecule has 2 heterocycles. The molecule has 3 aromatic rings. The molecule has 2 N–H and O–H groups in total. The van der Waals surface area contributed by atoms with Crippen molar-refractivity contribution < 1.29 is 0 Å². The summed E-state index contributed by atoms with van der Waals surface area (Å²) in [7, 11) is 0. The first kappa shape index (κ1) is 10.4. The average molecular weight is 241 g/mol. The third kappa shape index (κ3) is 1.92. The number of pyridine rings is 1. The molecule has 1 aromatic carbocycles. The minimum absolute atomic E-state index is 0.453. The lowest BCUT2D eigenvalue weighted by Crippen LogP contribution is -1.98. The van der Waals surface area contributed by atoms with Gasteiger partial charge in [-0.15, -0.1) is 11.3 Å². The van der Waals surface area contributed by atoms with Gasteiger partial charge in [0.15, 0.2) is 0 Å². The Hall–Kier alpha value is -1.78. The molecule has 0 saturated heterocycles. The highest BCUT2D eigenvalue weighted by molar-refractivity contribution is 7.21. The van der Waals surface area contributed by atoms with Gasteiger partial charge in [0.2, 0.25) is 0 Å². The van der Waals surface area contributed by atoms with E-state index in [9.17, 15) is 0 Å². The van der Waals surface area contributed by atoms with E-state index in [1.807, 2.05) is 30.5 Å². The summed E-state index contributed by atoms with van der Waals surface area (Å²) in [5.41, 5.74) is 8.57. The molecule has 0 atom stereocenters. The zero-order valence-corrected chi connectivity index (χ0v) is 9.95. The summed E-state index contributed by atoms with van der Waals surface area (Å²) in [5, 5.41) is 1.02. The van der Waals surface area contributed by atoms with E-state index in [-0.39, 0.29) is 0 Å². The van der Waals surface area contributed by atoms with Gasteiger partial charge in [0.05, 0.1) is 15.9 Å². The Morgan fingerprint density at radius 1 is 1.18 bits per heavy atom. The minimum Gasteiger partial charge on any atom is -0.325 e. The zero-order chi connectivity index (χ0) is 11.7. The van der Waals surface area contributed by atoms with Crippen LogP contribution in [0.15, 0.2) is 42.6 Å². The Balaban J connectivity index is 2.14. The third-order valence-electron chi connectivity index (χ3n) is 2.56. The molecule has 0 aliphatic heterocycles. The van der Waals surface area contributed by atoms with Gasteiger partial charge in [-0.05, 0) is 6.07 Å². The molecule has 2 aromatic heterocycles. The molecule has 3 nitrogen and oxygen atoms in total. The molecule has 17 heavy (non-hydrogen) atoms. The molecule has 4 heteroatoms. The smallest absolute Gasteiger partial charge is 0.124 e. The quantitative estimate of drug-likeness (QED) is 0.750. The topological polar surface area (TPSA) is 51.8 Å². The van der Waals surface area contributed by atoms with Gasteiger partial charge in [0.25, 0.3) is 0 Å². The number of benzene rings is 1. The Morgan fingerprint density at radius 3 is 2.76 bits per heavy atom. The molecular weight excluding hydrogens is 230 g/mol. The fraction of sp³-hybridized carbons (Fsp3) is 0.0769.